The third kappa shape index (κ3) is 2.99. The summed E-state index contributed by atoms with van der Waals surface area (Å²) in [5.41, 5.74) is 2.03. The van der Waals surface area contributed by atoms with Crippen molar-refractivity contribution in [3.8, 4) is 0 Å². The number of hydrogen-bond donors (Lipinski definition) is 2. The Morgan fingerprint density at radius 3 is 2.82 bits per heavy atom. The van der Waals surface area contributed by atoms with Crippen molar-refractivity contribution < 1.29 is 4.79 Å². The van der Waals surface area contributed by atoms with E-state index in [1.54, 1.807) is 6.33 Å². The molecular formula is C20H23BrN6O. The Hall–Kier alpha value is -2.35. The van der Waals surface area contributed by atoms with Crippen molar-refractivity contribution >= 4 is 38.8 Å². The summed E-state index contributed by atoms with van der Waals surface area (Å²) in [5.74, 6) is 0.977. The molecule has 3 atom stereocenters. The summed E-state index contributed by atoms with van der Waals surface area (Å²) in [5, 5.41) is 4.28. The van der Waals surface area contributed by atoms with Crippen molar-refractivity contribution in [2.24, 2.45) is 0 Å². The number of hydrogen-bond acceptors (Lipinski definition) is 4. The number of fused-ring (bicyclic) bond motifs is 3. The van der Waals surface area contributed by atoms with Gasteiger partial charge in [-0.1, -0.05) is 28.1 Å². The van der Waals surface area contributed by atoms with Gasteiger partial charge in [0.2, 0.25) is 0 Å². The van der Waals surface area contributed by atoms with Gasteiger partial charge in [-0.3, -0.25) is 0 Å². The highest BCUT2D eigenvalue weighted by Gasteiger charge is 2.43. The number of allylic oxidation sites excluding steroid dienone is 2. The standard InChI is InChI=1S/C20H23BrN6O/c1-12-8-22-18-17(12)19(24-11-23-18)26-9-15-5-6-16(10-26)27(15)20(28)25-14-4-2-3-13(21)7-14/h2-3,7-8,11,14-16H,4-6,9-10H2,1H3,(H,25,28)(H,22,23,24). The lowest BCUT2D eigenvalue weighted by atomic mass is 10.1. The van der Waals surface area contributed by atoms with Crippen molar-refractivity contribution in [3.05, 3.63) is 40.8 Å². The number of aromatic amines is 1. The summed E-state index contributed by atoms with van der Waals surface area (Å²) in [6.45, 7) is 3.70. The number of amides is 2. The van der Waals surface area contributed by atoms with Crippen LogP contribution in [0.3, 0.4) is 0 Å². The molecule has 8 heteroatoms. The van der Waals surface area contributed by atoms with E-state index in [0.717, 1.165) is 59.2 Å². The Labute approximate surface area is 172 Å². The lowest BCUT2D eigenvalue weighted by Gasteiger charge is -2.42. The van der Waals surface area contributed by atoms with Crippen molar-refractivity contribution in [2.75, 3.05) is 18.0 Å². The van der Waals surface area contributed by atoms with Gasteiger partial charge in [-0.15, -0.1) is 0 Å². The van der Waals surface area contributed by atoms with E-state index < -0.39 is 0 Å². The molecule has 3 unspecified atom stereocenters. The predicted octanol–water partition coefficient (Wildman–Crippen LogP) is 3.24. The molecule has 2 aliphatic heterocycles. The molecule has 2 fully saturated rings. The molecule has 5 rings (SSSR count). The summed E-state index contributed by atoms with van der Waals surface area (Å²) < 4.78 is 1.02. The van der Waals surface area contributed by atoms with Crippen molar-refractivity contribution in [2.45, 2.75) is 44.3 Å². The third-order valence-corrected chi connectivity index (χ3v) is 6.53. The number of rotatable bonds is 2. The molecule has 4 heterocycles. The summed E-state index contributed by atoms with van der Waals surface area (Å²) in [4.78, 5) is 29.5. The number of aryl methyl sites for hydroxylation is 1. The molecule has 2 amide bonds. The second-order valence-electron chi connectivity index (χ2n) is 7.84. The van der Waals surface area contributed by atoms with Crippen LogP contribution in [0.1, 0.15) is 24.8 Å². The molecule has 3 aliphatic rings. The van der Waals surface area contributed by atoms with Crippen LogP contribution in [-0.4, -0.2) is 57.1 Å². The van der Waals surface area contributed by atoms with Gasteiger partial charge < -0.3 is 20.1 Å². The van der Waals surface area contributed by atoms with Crippen molar-refractivity contribution in [1.29, 1.82) is 0 Å². The van der Waals surface area contributed by atoms with E-state index in [4.69, 9.17) is 0 Å². The zero-order valence-corrected chi connectivity index (χ0v) is 17.3. The molecule has 7 nitrogen and oxygen atoms in total. The fourth-order valence-corrected chi connectivity index (χ4v) is 5.23. The fourth-order valence-electron chi connectivity index (χ4n) is 4.72. The summed E-state index contributed by atoms with van der Waals surface area (Å²) in [7, 11) is 0. The van der Waals surface area contributed by atoms with Crippen LogP contribution in [0, 0.1) is 6.92 Å². The first-order valence-electron chi connectivity index (χ1n) is 9.76. The molecule has 2 saturated heterocycles. The maximum atomic E-state index is 13.0. The Kier molecular flexibility index (Phi) is 4.38. The smallest absolute Gasteiger partial charge is 0.318 e. The minimum absolute atomic E-state index is 0.0494. The van der Waals surface area contributed by atoms with Gasteiger partial charge in [-0.25, -0.2) is 14.8 Å². The van der Waals surface area contributed by atoms with Gasteiger partial charge in [0.1, 0.15) is 17.8 Å². The molecule has 2 aromatic heterocycles. The Balaban J connectivity index is 1.34. The molecule has 0 radical (unpaired) electrons. The van der Waals surface area contributed by atoms with Crippen LogP contribution in [0.15, 0.2) is 35.2 Å². The number of nitrogens with one attached hydrogen (secondary N) is 2. The first-order chi connectivity index (χ1) is 13.6. The topological polar surface area (TPSA) is 77.2 Å². The molecule has 2 N–H and O–H groups in total. The van der Waals surface area contributed by atoms with Gasteiger partial charge in [0.15, 0.2) is 0 Å². The second-order valence-corrected chi connectivity index (χ2v) is 8.75. The summed E-state index contributed by atoms with van der Waals surface area (Å²) in [6.07, 6.45) is 12.7. The first-order valence-corrected chi connectivity index (χ1v) is 10.6. The van der Waals surface area contributed by atoms with Crippen LogP contribution in [0.4, 0.5) is 10.6 Å². The van der Waals surface area contributed by atoms with Crippen LogP contribution in [-0.2, 0) is 0 Å². The normalized spacial score (nSPS) is 26.6. The second kappa shape index (κ2) is 6.92. The number of carbonyl (C=O) groups is 1. The summed E-state index contributed by atoms with van der Waals surface area (Å²) >= 11 is 3.49. The van der Waals surface area contributed by atoms with E-state index in [-0.39, 0.29) is 24.2 Å². The zero-order valence-electron chi connectivity index (χ0n) is 15.7. The van der Waals surface area contributed by atoms with Crippen molar-refractivity contribution in [1.82, 2.24) is 25.2 Å². The molecule has 1 aliphatic carbocycles. The minimum Gasteiger partial charge on any atom is -0.352 e. The molecule has 0 spiro atoms. The first kappa shape index (κ1) is 17.7. The van der Waals surface area contributed by atoms with Gasteiger partial charge in [0, 0.05) is 23.8 Å². The predicted molar refractivity (Wildman–Crippen MR) is 113 cm³/mol. The van der Waals surface area contributed by atoms with E-state index in [0.29, 0.717) is 0 Å². The average Bonchev–Trinajstić information content (AvgIpc) is 3.19. The van der Waals surface area contributed by atoms with Crippen LogP contribution in [0.25, 0.3) is 11.0 Å². The Bertz CT molecular complexity index is 968. The van der Waals surface area contributed by atoms with Crippen LogP contribution in [0.5, 0.6) is 0 Å². The SMILES string of the molecule is Cc1c[nH]c2ncnc(N3CC4CCC(C3)N4C(=O)NC3C=C(Br)C=CC3)c12. The monoisotopic (exact) mass is 442 g/mol. The van der Waals surface area contributed by atoms with Gasteiger partial charge in [0.05, 0.1) is 23.5 Å². The minimum atomic E-state index is 0.0494. The fraction of sp³-hybridized carbons (Fsp3) is 0.450. The van der Waals surface area contributed by atoms with Gasteiger partial charge >= 0.3 is 6.03 Å². The highest BCUT2D eigenvalue weighted by molar-refractivity contribution is 9.11. The highest BCUT2D eigenvalue weighted by Crippen LogP contribution is 2.35. The maximum absolute atomic E-state index is 13.0. The number of halogens is 1. The number of carbonyl (C=O) groups excluding carboxylic acids is 1. The molecule has 28 heavy (non-hydrogen) atoms. The molecule has 2 aromatic rings. The number of urea groups is 1. The third-order valence-electron chi connectivity index (χ3n) is 6.00. The lowest BCUT2D eigenvalue weighted by molar-refractivity contribution is 0.160. The van der Waals surface area contributed by atoms with Crippen LogP contribution in [0.2, 0.25) is 0 Å². The zero-order chi connectivity index (χ0) is 19.3. The Morgan fingerprint density at radius 2 is 2.07 bits per heavy atom. The number of H-pyrrole nitrogens is 1. The number of piperazine rings is 1. The van der Waals surface area contributed by atoms with Crippen LogP contribution >= 0.6 is 15.9 Å². The van der Waals surface area contributed by atoms with E-state index >= 15 is 0 Å². The van der Waals surface area contributed by atoms with Crippen LogP contribution < -0.4 is 10.2 Å². The molecule has 0 aromatic carbocycles. The molecule has 146 valence electrons. The number of nitrogens with zero attached hydrogens (tertiary/aromatic N) is 4. The van der Waals surface area contributed by atoms with E-state index in [1.807, 2.05) is 12.3 Å². The largest absolute Gasteiger partial charge is 0.352 e. The lowest BCUT2D eigenvalue weighted by Crippen LogP contribution is -2.59. The summed E-state index contributed by atoms with van der Waals surface area (Å²) in [6, 6.07) is 0.534. The maximum Gasteiger partial charge on any atom is 0.318 e. The molecule has 2 bridgehead atoms. The average molecular weight is 443 g/mol. The van der Waals surface area contributed by atoms with Gasteiger partial charge in [-0.05, 0) is 37.8 Å². The van der Waals surface area contributed by atoms with E-state index in [2.05, 4.69) is 65.1 Å². The van der Waals surface area contributed by atoms with E-state index in [1.165, 1.54) is 0 Å². The van der Waals surface area contributed by atoms with Gasteiger partial charge in [0.25, 0.3) is 0 Å². The highest BCUT2D eigenvalue weighted by atomic mass is 79.9. The molecular weight excluding hydrogens is 420 g/mol. The van der Waals surface area contributed by atoms with Crippen molar-refractivity contribution in [3.63, 3.8) is 0 Å². The Morgan fingerprint density at radius 1 is 1.29 bits per heavy atom. The number of aromatic nitrogens is 3. The number of anilines is 1. The quantitative estimate of drug-likeness (QED) is 0.748. The van der Waals surface area contributed by atoms with E-state index in [9.17, 15) is 4.79 Å². The molecule has 0 saturated carbocycles. The van der Waals surface area contributed by atoms with Gasteiger partial charge in [-0.2, -0.15) is 0 Å².